The van der Waals surface area contributed by atoms with Gasteiger partial charge in [0.25, 0.3) is 5.91 Å². The number of aromatic nitrogens is 2. The fourth-order valence-corrected chi connectivity index (χ4v) is 4.27. The predicted octanol–water partition coefficient (Wildman–Crippen LogP) is 2.55. The Balaban J connectivity index is 1.52. The molecular formula is C20H20N4O5S2. The van der Waals surface area contributed by atoms with Crippen LogP contribution in [0.5, 0.6) is 5.75 Å². The lowest BCUT2D eigenvalue weighted by Crippen LogP contribution is -2.25. The molecular weight excluding hydrogens is 440 g/mol. The molecule has 0 bridgehead atoms. The Morgan fingerprint density at radius 2 is 1.71 bits per heavy atom. The van der Waals surface area contributed by atoms with Crippen LogP contribution in [0.25, 0.3) is 0 Å². The number of sulfonamides is 1. The minimum Gasteiger partial charge on any atom is -0.427 e. The maximum atomic E-state index is 12.3. The topological polar surface area (TPSA) is 127 Å². The van der Waals surface area contributed by atoms with E-state index in [1.807, 2.05) is 6.92 Å². The maximum absolute atomic E-state index is 12.3. The van der Waals surface area contributed by atoms with E-state index in [1.165, 1.54) is 31.2 Å². The van der Waals surface area contributed by atoms with Crippen LogP contribution in [0.2, 0.25) is 0 Å². The van der Waals surface area contributed by atoms with Gasteiger partial charge in [0.2, 0.25) is 15.2 Å². The van der Waals surface area contributed by atoms with E-state index in [1.54, 1.807) is 24.3 Å². The third kappa shape index (κ3) is 6.41. The van der Waals surface area contributed by atoms with Gasteiger partial charge in [-0.05, 0) is 43.3 Å². The van der Waals surface area contributed by atoms with E-state index in [4.69, 9.17) is 4.74 Å². The van der Waals surface area contributed by atoms with Crippen LogP contribution in [-0.4, -0.2) is 37.0 Å². The van der Waals surface area contributed by atoms with E-state index in [0.29, 0.717) is 27.9 Å². The van der Waals surface area contributed by atoms with Crippen molar-refractivity contribution in [1.29, 1.82) is 0 Å². The number of aryl methyl sites for hydroxylation is 1. The van der Waals surface area contributed by atoms with Crippen molar-refractivity contribution in [2.24, 2.45) is 0 Å². The average molecular weight is 461 g/mol. The second-order valence-corrected chi connectivity index (χ2v) is 9.36. The van der Waals surface area contributed by atoms with Crippen LogP contribution in [-0.2, 0) is 21.2 Å². The highest BCUT2D eigenvalue weighted by molar-refractivity contribution is 7.89. The van der Waals surface area contributed by atoms with Crippen molar-refractivity contribution in [1.82, 2.24) is 14.9 Å². The molecule has 0 saturated heterocycles. The monoisotopic (exact) mass is 460 g/mol. The molecule has 1 heterocycles. The van der Waals surface area contributed by atoms with Gasteiger partial charge in [0.1, 0.15) is 10.8 Å². The highest BCUT2D eigenvalue weighted by Gasteiger charge is 2.14. The van der Waals surface area contributed by atoms with Crippen LogP contribution in [0, 0.1) is 6.92 Å². The van der Waals surface area contributed by atoms with Gasteiger partial charge in [-0.15, -0.1) is 10.2 Å². The average Bonchev–Trinajstić information content (AvgIpc) is 3.15. The van der Waals surface area contributed by atoms with Gasteiger partial charge < -0.3 is 4.74 Å². The molecule has 0 fully saturated rings. The molecule has 3 rings (SSSR count). The van der Waals surface area contributed by atoms with Gasteiger partial charge in [0, 0.05) is 25.5 Å². The van der Waals surface area contributed by atoms with Gasteiger partial charge in [0.15, 0.2) is 0 Å². The zero-order chi connectivity index (χ0) is 22.4. The molecule has 9 nitrogen and oxygen atoms in total. The number of amides is 1. The molecule has 0 spiro atoms. The van der Waals surface area contributed by atoms with E-state index in [9.17, 15) is 18.0 Å². The quantitative estimate of drug-likeness (QED) is 0.391. The first-order valence-corrected chi connectivity index (χ1v) is 11.5. The van der Waals surface area contributed by atoms with Gasteiger partial charge in [-0.3, -0.25) is 14.9 Å². The summed E-state index contributed by atoms with van der Waals surface area (Å²) in [6.07, 6.45) is 0.329. The summed E-state index contributed by atoms with van der Waals surface area (Å²) < 4.78 is 32.0. The van der Waals surface area contributed by atoms with Crippen LogP contribution in [0.15, 0.2) is 53.4 Å². The first kappa shape index (κ1) is 22.5. The van der Waals surface area contributed by atoms with Crippen molar-refractivity contribution in [2.45, 2.75) is 25.2 Å². The summed E-state index contributed by atoms with van der Waals surface area (Å²) in [5.41, 5.74) is 1.33. The van der Waals surface area contributed by atoms with Gasteiger partial charge >= 0.3 is 5.97 Å². The smallest absolute Gasteiger partial charge is 0.308 e. The normalized spacial score (nSPS) is 11.2. The number of carbonyl (C=O) groups is 2. The number of carbonyl (C=O) groups excluding carboxylic acids is 2. The molecule has 11 heteroatoms. The molecule has 3 aromatic rings. The Kier molecular flexibility index (Phi) is 7.10. The predicted molar refractivity (Wildman–Crippen MR) is 116 cm³/mol. The molecule has 0 radical (unpaired) electrons. The van der Waals surface area contributed by atoms with Crippen molar-refractivity contribution < 1.29 is 22.7 Å². The molecule has 0 unspecified atom stereocenters. The molecule has 0 saturated carbocycles. The van der Waals surface area contributed by atoms with E-state index in [0.717, 1.165) is 16.9 Å². The van der Waals surface area contributed by atoms with E-state index in [-0.39, 0.29) is 11.4 Å². The molecule has 0 atom stereocenters. The lowest BCUT2D eigenvalue weighted by atomic mass is 10.2. The Morgan fingerprint density at radius 1 is 1.03 bits per heavy atom. The zero-order valence-corrected chi connectivity index (χ0v) is 18.4. The molecule has 1 amide bonds. The fraction of sp³-hybridized carbons (Fsp3) is 0.200. The van der Waals surface area contributed by atoms with Gasteiger partial charge in [-0.2, -0.15) is 0 Å². The number of nitrogens with one attached hydrogen (secondary N) is 2. The van der Waals surface area contributed by atoms with Crippen LogP contribution >= 0.6 is 11.3 Å². The molecule has 2 aromatic carbocycles. The number of anilines is 1. The zero-order valence-electron chi connectivity index (χ0n) is 16.8. The second-order valence-electron chi connectivity index (χ2n) is 6.53. The summed E-state index contributed by atoms with van der Waals surface area (Å²) in [5, 5.41) is 11.4. The van der Waals surface area contributed by atoms with Crippen molar-refractivity contribution in [3.8, 4) is 5.75 Å². The van der Waals surface area contributed by atoms with Crippen molar-refractivity contribution in [3.05, 3.63) is 64.7 Å². The summed E-state index contributed by atoms with van der Waals surface area (Å²) in [6.45, 7) is 3.32. The standard InChI is InChI=1S/C20H20N4O5S2/c1-13-3-9-17(10-4-13)31(27,28)21-12-11-18-23-24-20(30-18)22-19(26)15-5-7-16(8-6-15)29-14(2)25/h3-10,21H,11-12H2,1-2H3,(H,22,24,26). The summed E-state index contributed by atoms with van der Waals surface area (Å²) in [6, 6.07) is 12.6. The lowest BCUT2D eigenvalue weighted by molar-refractivity contribution is -0.131. The highest BCUT2D eigenvalue weighted by Crippen LogP contribution is 2.18. The number of esters is 1. The third-order valence-electron chi connectivity index (χ3n) is 4.03. The summed E-state index contributed by atoms with van der Waals surface area (Å²) >= 11 is 1.16. The first-order chi connectivity index (χ1) is 14.7. The van der Waals surface area contributed by atoms with Crippen LogP contribution in [0.3, 0.4) is 0 Å². The number of rotatable bonds is 8. The minimum atomic E-state index is -3.60. The minimum absolute atomic E-state index is 0.149. The first-order valence-electron chi connectivity index (χ1n) is 9.21. The van der Waals surface area contributed by atoms with Crippen molar-refractivity contribution in [3.63, 3.8) is 0 Å². The van der Waals surface area contributed by atoms with E-state index < -0.39 is 21.9 Å². The lowest BCUT2D eigenvalue weighted by Gasteiger charge is -2.05. The molecule has 0 aliphatic rings. The highest BCUT2D eigenvalue weighted by atomic mass is 32.2. The number of hydrogen-bond donors (Lipinski definition) is 2. The van der Waals surface area contributed by atoms with Crippen molar-refractivity contribution in [2.75, 3.05) is 11.9 Å². The van der Waals surface area contributed by atoms with Crippen LogP contribution in [0.4, 0.5) is 5.13 Å². The largest absolute Gasteiger partial charge is 0.427 e. The van der Waals surface area contributed by atoms with Crippen LogP contribution < -0.4 is 14.8 Å². The Morgan fingerprint density at radius 3 is 2.35 bits per heavy atom. The third-order valence-corrected chi connectivity index (χ3v) is 6.40. The number of ether oxygens (including phenoxy) is 1. The van der Waals surface area contributed by atoms with Gasteiger partial charge in [-0.1, -0.05) is 29.0 Å². The number of nitrogens with zero attached hydrogens (tertiary/aromatic N) is 2. The Labute approximate surface area is 183 Å². The number of hydrogen-bond acceptors (Lipinski definition) is 8. The SMILES string of the molecule is CC(=O)Oc1ccc(C(=O)Nc2nnc(CCNS(=O)(=O)c3ccc(C)cc3)s2)cc1. The molecule has 2 N–H and O–H groups in total. The van der Waals surface area contributed by atoms with E-state index in [2.05, 4.69) is 20.2 Å². The van der Waals surface area contributed by atoms with Gasteiger partial charge in [0.05, 0.1) is 4.90 Å². The molecule has 1 aromatic heterocycles. The molecule has 0 aliphatic carbocycles. The second kappa shape index (κ2) is 9.77. The van der Waals surface area contributed by atoms with Gasteiger partial charge in [-0.25, -0.2) is 13.1 Å². The van der Waals surface area contributed by atoms with E-state index >= 15 is 0 Å². The summed E-state index contributed by atoms with van der Waals surface area (Å²) in [5.74, 6) is -0.493. The number of benzene rings is 2. The Bertz CT molecular complexity index is 1170. The molecule has 162 valence electrons. The molecule has 0 aliphatic heterocycles. The Hall–Kier alpha value is -3.15. The van der Waals surface area contributed by atoms with Crippen LogP contribution in [0.1, 0.15) is 27.9 Å². The maximum Gasteiger partial charge on any atom is 0.308 e. The molecule has 31 heavy (non-hydrogen) atoms. The van der Waals surface area contributed by atoms with Crippen molar-refractivity contribution >= 4 is 38.4 Å². The fourth-order valence-electron chi connectivity index (χ4n) is 2.51. The summed E-state index contributed by atoms with van der Waals surface area (Å²) in [4.78, 5) is 23.4. The summed E-state index contributed by atoms with van der Waals surface area (Å²) in [7, 11) is -3.60.